The highest BCUT2D eigenvalue weighted by Crippen LogP contribution is 2.41. The topological polar surface area (TPSA) is 23.6 Å². The maximum atomic E-state index is 13.0. The molecule has 2 fully saturated rings. The summed E-state index contributed by atoms with van der Waals surface area (Å²) in [5.41, 5.74) is 2.73. The van der Waals surface area contributed by atoms with Crippen LogP contribution in [0.4, 0.5) is 9.18 Å². The van der Waals surface area contributed by atoms with Crippen molar-refractivity contribution in [1.29, 1.82) is 0 Å². The van der Waals surface area contributed by atoms with Gasteiger partial charge in [-0.1, -0.05) is 30.9 Å². The highest BCUT2D eigenvalue weighted by atomic mass is 19.1. The molecular formula is C23H23FN2O. The van der Waals surface area contributed by atoms with Crippen molar-refractivity contribution in [1.82, 2.24) is 9.80 Å². The SMILES string of the molecule is CC1C/C=C/C(C#Cc2ccc(F)cc2)=C\C=C1N1C(=O)N(C)[C@H]2CC[C@H]21. The monoisotopic (exact) mass is 362 g/mol. The molecule has 1 aromatic rings. The van der Waals surface area contributed by atoms with E-state index in [-0.39, 0.29) is 17.8 Å². The van der Waals surface area contributed by atoms with Gasteiger partial charge in [-0.3, -0.25) is 4.90 Å². The number of hydrogen-bond acceptors (Lipinski definition) is 1. The molecule has 3 atom stereocenters. The second-order valence-electron chi connectivity index (χ2n) is 7.49. The molecular weight excluding hydrogens is 339 g/mol. The number of urea groups is 1. The van der Waals surface area contributed by atoms with Crippen LogP contribution in [0.3, 0.4) is 0 Å². The average Bonchev–Trinajstić information content (AvgIpc) is 2.78. The molecule has 1 saturated carbocycles. The number of carbonyl (C=O) groups excluding carboxylic acids is 1. The summed E-state index contributed by atoms with van der Waals surface area (Å²) in [5, 5.41) is 0. The lowest BCUT2D eigenvalue weighted by Gasteiger charge is -2.37. The normalized spacial score (nSPS) is 30.0. The second-order valence-corrected chi connectivity index (χ2v) is 7.49. The van der Waals surface area contributed by atoms with Gasteiger partial charge >= 0.3 is 6.03 Å². The third kappa shape index (κ3) is 3.30. The molecule has 3 nitrogen and oxygen atoms in total. The third-order valence-electron chi connectivity index (χ3n) is 5.74. The van der Waals surface area contributed by atoms with E-state index in [0.717, 1.165) is 36.1 Å². The number of hydrogen-bond donors (Lipinski definition) is 0. The Labute approximate surface area is 159 Å². The Balaban J connectivity index is 1.62. The molecule has 1 aliphatic heterocycles. The van der Waals surface area contributed by atoms with E-state index in [9.17, 15) is 9.18 Å². The molecule has 4 rings (SSSR count). The number of rotatable bonds is 1. The summed E-state index contributed by atoms with van der Waals surface area (Å²) < 4.78 is 13.0. The van der Waals surface area contributed by atoms with E-state index in [1.54, 1.807) is 12.1 Å². The van der Waals surface area contributed by atoms with Crippen LogP contribution in [0.2, 0.25) is 0 Å². The minimum absolute atomic E-state index is 0.109. The van der Waals surface area contributed by atoms with Crippen LogP contribution < -0.4 is 0 Å². The molecule has 0 aromatic heterocycles. The highest BCUT2D eigenvalue weighted by molar-refractivity contribution is 5.80. The number of nitrogens with zero attached hydrogens (tertiary/aromatic N) is 2. The van der Waals surface area contributed by atoms with E-state index in [0.29, 0.717) is 12.1 Å². The van der Waals surface area contributed by atoms with E-state index < -0.39 is 0 Å². The minimum Gasteiger partial charge on any atom is -0.322 e. The Morgan fingerprint density at radius 1 is 1.07 bits per heavy atom. The van der Waals surface area contributed by atoms with E-state index >= 15 is 0 Å². The minimum atomic E-state index is -0.262. The molecule has 2 aliphatic carbocycles. The predicted molar refractivity (Wildman–Crippen MR) is 104 cm³/mol. The van der Waals surface area contributed by atoms with Gasteiger partial charge < -0.3 is 4.90 Å². The lowest BCUT2D eigenvalue weighted by molar-refractivity contribution is 0.181. The lowest BCUT2D eigenvalue weighted by atomic mass is 9.85. The van der Waals surface area contributed by atoms with Crippen LogP contribution in [0.15, 0.2) is 59.8 Å². The van der Waals surface area contributed by atoms with Crippen molar-refractivity contribution < 1.29 is 9.18 Å². The largest absolute Gasteiger partial charge is 0.324 e. The highest BCUT2D eigenvalue weighted by Gasteiger charge is 2.50. The summed E-state index contributed by atoms with van der Waals surface area (Å²) in [5.74, 6) is 6.24. The summed E-state index contributed by atoms with van der Waals surface area (Å²) in [6.07, 6.45) is 11.2. The first-order valence-electron chi connectivity index (χ1n) is 9.46. The first kappa shape index (κ1) is 17.6. The fourth-order valence-corrected chi connectivity index (χ4v) is 3.97. The summed E-state index contributed by atoms with van der Waals surface area (Å²) in [7, 11) is 1.91. The molecule has 0 spiro atoms. The van der Waals surface area contributed by atoms with E-state index in [2.05, 4.69) is 30.9 Å². The van der Waals surface area contributed by atoms with Gasteiger partial charge in [-0.05, 0) is 55.7 Å². The predicted octanol–water partition coefficient (Wildman–Crippen LogP) is 4.48. The number of allylic oxidation sites excluding steroid dienone is 6. The standard InChI is InChI=1S/C23H23FN2O/c1-16-4-3-5-17(6-7-18-8-11-19(24)12-9-18)10-13-20(16)26-22-15-14-21(22)25(2)23(26)27/h3,5,8-13,16,21-22H,4,14-15H2,1-2H3/b5-3+,17-10+,20-13?/t16?,21-,22+/m0/s1. The van der Waals surface area contributed by atoms with Gasteiger partial charge in [0.25, 0.3) is 0 Å². The Kier molecular flexibility index (Phi) is 4.61. The Morgan fingerprint density at radius 2 is 1.81 bits per heavy atom. The molecule has 1 aromatic carbocycles. The quantitative estimate of drug-likeness (QED) is 0.676. The van der Waals surface area contributed by atoms with E-state index in [1.807, 2.05) is 29.0 Å². The van der Waals surface area contributed by atoms with Gasteiger partial charge in [-0.25, -0.2) is 9.18 Å². The van der Waals surface area contributed by atoms with Crippen molar-refractivity contribution in [3.8, 4) is 11.8 Å². The van der Waals surface area contributed by atoms with Crippen molar-refractivity contribution >= 4 is 6.03 Å². The van der Waals surface area contributed by atoms with Crippen LogP contribution in [0.5, 0.6) is 0 Å². The molecule has 138 valence electrons. The molecule has 4 heteroatoms. The molecule has 0 N–H and O–H groups in total. The molecule has 1 unspecified atom stereocenters. The lowest BCUT2D eigenvalue weighted by Crippen LogP contribution is -2.45. The fraction of sp³-hybridized carbons (Fsp3) is 0.348. The number of carbonyl (C=O) groups is 1. The van der Waals surface area contributed by atoms with Crippen LogP contribution in [0, 0.1) is 23.6 Å². The molecule has 1 heterocycles. The maximum Gasteiger partial charge on any atom is 0.324 e. The average molecular weight is 362 g/mol. The molecule has 2 amide bonds. The van der Waals surface area contributed by atoms with Gasteiger partial charge in [0.2, 0.25) is 0 Å². The summed E-state index contributed by atoms with van der Waals surface area (Å²) in [4.78, 5) is 16.6. The summed E-state index contributed by atoms with van der Waals surface area (Å²) in [6, 6.07) is 6.95. The zero-order chi connectivity index (χ0) is 19.0. The number of fused-ring (bicyclic) bond motifs is 1. The Hall–Kier alpha value is -2.80. The molecule has 3 aliphatic rings. The van der Waals surface area contributed by atoms with Crippen LogP contribution in [0.1, 0.15) is 31.7 Å². The van der Waals surface area contributed by atoms with Crippen molar-refractivity contribution in [2.45, 2.75) is 38.3 Å². The Bertz CT molecular complexity index is 901. The third-order valence-corrected chi connectivity index (χ3v) is 5.74. The number of likely N-dealkylation sites (N-methyl/N-ethyl adjacent to an activating group) is 1. The summed E-state index contributed by atoms with van der Waals surface area (Å²) >= 11 is 0. The Morgan fingerprint density at radius 3 is 2.48 bits per heavy atom. The van der Waals surface area contributed by atoms with E-state index in [4.69, 9.17) is 0 Å². The molecule has 1 saturated heterocycles. The first-order valence-corrected chi connectivity index (χ1v) is 9.46. The number of benzene rings is 1. The van der Waals surface area contributed by atoms with Gasteiger partial charge in [-0.15, -0.1) is 0 Å². The van der Waals surface area contributed by atoms with Crippen LogP contribution in [-0.4, -0.2) is 35.0 Å². The van der Waals surface area contributed by atoms with Gasteiger partial charge in [0.15, 0.2) is 0 Å². The number of amides is 2. The zero-order valence-electron chi connectivity index (χ0n) is 15.7. The molecule has 27 heavy (non-hydrogen) atoms. The smallest absolute Gasteiger partial charge is 0.322 e. The second kappa shape index (κ2) is 7.08. The van der Waals surface area contributed by atoms with Crippen LogP contribution >= 0.6 is 0 Å². The molecule has 0 radical (unpaired) electrons. The van der Waals surface area contributed by atoms with Crippen molar-refractivity contribution in [2.24, 2.45) is 5.92 Å². The van der Waals surface area contributed by atoms with Gasteiger partial charge in [-0.2, -0.15) is 0 Å². The van der Waals surface area contributed by atoms with Crippen molar-refractivity contribution in [3.63, 3.8) is 0 Å². The fourth-order valence-electron chi connectivity index (χ4n) is 3.97. The summed E-state index contributed by atoms with van der Waals surface area (Å²) in [6.45, 7) is 2.17. The van der Waals surface area contributed by atoms with Crippen molar-refractivity contribution in [3.05, 3.63) is 71.2 Å². The van der Waals surface area contributed by atoms with Gasteiger partial charge in [0, 0.05) is 29.8 Å². The van der Waals surface area contributed by atoms with E-state index in [1.165, 1.54) is 12.1 Å². The van der Waals surface area contributed by atoms with Crippen molar-refractivity contribution in [2.75, 3.05) is 7.05 Å². The van der Waals surface area contributed by atoms with Crippen LogP contribution in [-0.2, 0) is 0 Å². The maximum absolute atomic E-state index is 13.0. The molecule has 0 bridgehead atoms. The zero-order valence-corrected chi connectivity index (χ0v) is 15.7. The van der Waals surface area contributed by atoms with Gasteiger partial charge in [0.05, 0.1) is 12.1 Å². The van der Waals surface area contributed by atoms with Crippen LogP contribution in [0.25, 0.3) is 0 Å². The van der Waals surface area contributed by atoms with Gasteiger partial charge in [0.1, 0.15) is 5.82 Å². The first-order chi connectivity index (χ1) is 13.0. The number of halogens is 1.